The average molecular weight is 352 g/mol. The molecule has 0 bridgehead atoms. The van der Waals surface area contributed by atoms with E-state index >= 15 is 0 Å². The molecular weight excluding hydrogens is 324 g/mol. The highest BCUT2D eigenvalue weighted by atomic mass is 16.5. The summed E-state index contributed by atoms with van der Waals surface area (Å²) in [5, 5.41) is 3.47. The van der Waals surface area contributed by atoms with Gasteiger partial charge in [0.05, 0.1) is 6.61 Å². The maximum atomic E-state index is 12.7. The normalized spacial score (nSPS) is 16.8. The largest absolute Gasteiger partial charge is 0.464 e. The third-order valence-corrected chi connectivity index (χ3v) is 5.09. The quantitative estimate of drug-likeness (QED) is 0.771. The van der Waals surface area contributed by atoms with E-state index in [9.17, 15) is 4.79 Å². The first-order chi connectivity index (χ1) is 12.7. The number of piperidine rings is 1. The number of rotatable bonds is 7. The van der Waals surface area contributed by atoms with Crippen LogP contribution in [0.2, 0.25) is 0 Å². The van der Waals surface area contributed by atoms with E-state index in [4.69, 9.17) is 4.74 Å². The van der Waals surface area contributed by atoms with Gasteiger partial charge in [0.25, 0.3) is 0 Å². The van der Waals surface area contributed by atoms with E-state index in [1.807, 2.05) is 43.3 Å². The van der Waals surface area contributed by atoms with Crippen LogP contribution < -0.4 is 5.32 Å². The van der Waals surface area contributed by atoms with Crippen molar-refractivity contribution < 1.29 is 9.53 Å². The Morgan fingerprint density at radius 1 is 1.04 bits per heavy atom. The summed E-state index contributed by atoms with van der Waals surface area (Å²) in [5.74, 6) is -0.133. The van der Waals surface area contributed by atoms with Crippen LogP contribution in [0.3, 0.4) is 0 Å². The number of likely N-dealkylation sites (tertiary alicyclic amines) is 1. The van der Waals surface area contributed by atoms with E-state index in [-0.39, 0.29) is 5.97 Å². The summed E-state index contributed by atoms with van der Waals surface area (Å²) in [5.41, 5.74) is 1.70. The smallest absolute Gasteiger partial charge is 0.331 e. The van der Waals surface area contributed by atoms with E-state index in [0.717, 1.165) is 44.6 Å². The number of ether oxygens (including phenoxy) is 1. The molecule has 1 aliphatic rings. The van der Waals surface area contributed by atoms with Crippen LogP contribution in [0.5, 0.6) is 0 Å². The number of nitrogens with one attached hydrogen (secondary N) is 1. The number of benzene rings is 2. The Kier molecular flexibility index (Phi) is 6.29. The molecule has 0 saturated carbocycles. The van der Waals surface area contributed by atoms with Gasteiger partial charge in [-0.3, -0.25) is 0 Å². The second-order valence-corrected chi connectivity index (χ2v) is 6.87. The molecule has 138 valence electrons. The van der Waals surface area contributed by atoms with Gasteiger partial charge in [-0.1, -0.05) is 48.5 Å². The van der Waals surface area contributed by atoms with Gasteiger partial charge in [0.2, 0.25) is 0 Å². The fourth-order valence-corrected chi connectivity index (χ4v) is 3.54. The average Bonchev–Trinajstić information content (AvgIpc) is 2.69. The zero-order chi connectivity index (χ0) is 18.2. The summed E-state index contributed by atoms with van der Waals surface area (Å²) in [7, 11) is 0. The van der Waals surface area contributed by atoms with Gasteiger partial charge in [-0.2, -0.15) is 0 Å². The monoisotopic (exact) mass is 352 g/mol. The topological polar surface area (TPSA) is 41.6 Å². The maximum Gasteiger partial charge on any atom is 0.331 e. The van der Waals surface area contributed by atoms with Gasteiger partial charge in [0.1, 0.15) is 5.54 Å². The summed E-state index contributed by atoms with van der Waals surface area (Å²) in [6, 6.07) is 20.5. The Morgan fingerprint density at radius 3 is 2.27 bits per heavy atom. The van der Waals surface area contributed by atoms with Crippen LogP contribution in [0, 0.1) is 0 Å². The maximum absolute atomic E-state index is 12.7. The standard InChI is InChI=1S/C22H28N2O2/c1-2-26-21(25)22(23-20-11-7-4-8-12-20)14-17-24(18-15-22)16-13-19-9-5-3-6-10-19/h3-12,23H,2,13-18H2,1H3. The third-order valence-electron chi connectivity index (χ3n) is 5.09. The number of nitrogens with zero attached hydrogens (tertiary/aromatic N) is 1. The minimum Gasteiger partial charge on any atom is -0.464 e. The Bertz CT molecular complexity index is 680. The molecule has 0 spiro atoms. The van der Waals surface area contributed by atoms with Crippen LogP contribution in [-0.2, 0) is 16.0 Å². The molecule has 0 radical (unpaired) electrons. The predicted molar refractivity (Wildman–Crippen MR) is 105 cm³/mol. The summed E-state index contributed by atoms with van der Waals surface area (Å²) in [6.07, 6.45) is 2.56. The lowest BCUT2D eigenvalue weighted by atomic mass is 9.86. The van der Waals surface area contributed by atoms with Gasteiger partial charge in [0, 0.05) is 25.3 Å². The summed E-state index contributed by atoms with van der Waals surface area (Å²) >= 11 is 0. The Labute approximate surface area is 156 Å². The fourth-order valence-electron chi connectivity index (χ4n) is 3.54. The van der Waals surface area contributed by atoms with Crippen molar-refractivity contribution in [3.05, 3.63) is 66.2 Å². The molecule has 1 N–H and O–H groups in total. The van der Waals surface area contributed by atoms with Crippen molar-refractivity contribution in [3.8, 4) is 0 Å². The molecule has 1 aliphatic heterocycles. The van der Waals surface area contributed by atoms with E-state index in [1.165, 1.54) is 5.56 Å². The number of carbonyl (C=O) groups is 1. The first-order valence-electron chi connectivity index (χ1n) is 9.48. The lowest BCUT2D eigenvalue weighted by molar-refractivity contribution is -0.150. The second-order valence-electron chi connectivity index (χ2n) is 6.87. The van der Waals surface area contributed by atoms with Gasteiger partial charge in [0.15, 0.2) is 0 Å². The van der Waals surface area contributed by atoms with E-state index < -0.39 is 5.54 Å². The summed E-state index contributed by atoms with van der Waals surface area (Å²) in [6.45, 7) is 5.09. The highest BCUT2D eigenvalue weighted by molar-refractivity contribution is 5.84. The number of hydrogen-bond donors (Lipinski definition) is 1. The van der Waals surface area contributed by atoms with Crippen LogP contribution in [0.4, 0.5) is 5.69 Å². The molecule has 4 nitrogen and oxygen atoms in total. The van der Waals surface area contributed by atoms with Crippen molar-refractivity contribution in [1.29, 1.82) is 0 Å². The van der Waals surface area contributed by atoms with Gasteiger partial charge in [-0.25, -0.2) is 4.79 Å². The Hall–Kier alpha value is -2.33. The van der Waals surface area contributed by atoms with Gasteiger partial charge < -0.3 is 15.0 Å². The molecule has 1 fully saturated rings. The Morgan fingerprint density at radius 2 is 1.65 bits per heavy atom. The van der Waals surface area contributed by atoms with E-state index in [2.05, 4.69) is 34.5 Å². The lowest BCUT2D eigenvalue weighted by Crippen LogP contribution is -2.55. The second kappa shape index (κ2) is 8.86. The minimum absolute atomic E-state index is 0.133. The molecule has 0 atom stereocenters. The minimum atomic E-state index is -0.624. The molecule has 2 aromatic rings. The molecule has 3 rings (SSSR count). The molecule has 4 heteroatoms. The summed E-state index contributed by atoms with van der Waals surface area (Å²) < 4.78 is 5.40. The van der Waals surface area contributed by atoms with Crippen LogP contribution in [0.1, 0.15) is 25.3 Å². The van der Waals surface area contributed by atoms with Gasteiger partial charge in [-0.05, 0) is 43.9 Å². The van der Waals surface area contributed by atoms with Crippen molar-refractivity contribution in [2.75, 3.05) is 31.6 Å². The molecule has 0 amide bonds. The van der Waals surface area contributed by atoms with Crippen molar-refractivity contribution in [1.82, 2.24) is 4.90 Å². The highest BCUT2D eigenvalue weighted by Gasteiger charge is 2.42. The van der Waals surface area contributed by atoms with Gasteiger partial charge in [-0.15, -0.1) is 0 Å². The molecule has 26 heavy (non-hydrogen) atoms. The lowest BCUT2D eigenvalue weighted by Gasteiger charge is -2.41. The Balaban J connectivity index is 1.62. The molecule has 1 saturated heterocycles. The van der Waals surface area contributed by atoms with E-state index in [0.29, 0.717) is 6.61 Å². The van der Waals surface area contributed by atoms with Crippen molar-refractivity contribution >= 4 is 11.7 Å². The van der Waals surface area contributed by atoms with Crippen LogP contribution in [-0.4, -0.2) is 42.6 Å². The molecule has 0 unspecified atom stereocenters. The third kappa shape index (κ3) is 4.64. The van der Waals surface area contributed by atoms with Crippen LogP contribution >= 0.6 is 0 Å². The molecule has 2 aromatic carbocycles. The number of carbonyl (C=O) groups excluding carboxylic acids is 1. The number of para-hydroxylation sites is 1. The molecule has 1 heterocycles. The number of anilines is 1. The van der Waals surface area contributed by atoms with Gasteiger partial charge >= 0.3 is 5.97 Å². The van der Waals surface area contributed by atoms with Crippen molar-refractivity contribution in [3.63, 3.8) is 0 Å². The van der Waals surface area contributed by atoms with E-state index in [1.54, 1.807) is 0 Å². The molecule has 0 aromatic heterocycles. The SMILES string of the molecule is CCOC(=O)C1(Nc2ccccc2)CCN(CCc2ccccc2)CC1. The fraction of sp³-hybridized carbons (Fsp3) is 0.409. The predicted octanol–water partition coefficient (Wildman–Crippen LogP) is 3.74. The highest BCUT2D eigenvalue weighted by Crippen LogP contribution is 2.28. The number of hydrogen-bond acceptors (Lipinski definition) is 4. The van der Waals surface area contributed by atoms with Crippen molar-refractivity contribution in [2.24, 2.45) is 0 Å². The van der Waals surface area contributed by atoms with Crippen molar-refractivity contribution in [2.45, 2.75) is 31.7 Å². The van der Waals surface area contributed by atoms with Crippen LogP contribution in [0.25, 0.3) is 0 Å². The number of esters is 1. The molecule has 0 aliphatic carbocycles. The summed E-state index contributed by atoms with van der Waals surface area (Å²) in [4.78, 5) is 15.1. The zero-order valence-electron chi connectivity index (χ0n) is 15.5. The zero-order valence-corrected chi connectivity index (χ0v) is 15.5. The first-order valence-corrected chi connectivity index (χ1v) is 9.48. The molecular formula is C22H28N2O2. The first kappa shape index (κ1) is 18.5. The van der Waals surface area contributed by atoms with Crippen LogP contribution in [0.15, 0.2) is 60.7 Å².